The molecule has 3 nitrogen and oxygen atoms in total. The quantitative estimate of drug-likeness (QED) is 0.789. The Morgan fingerprint density at radius 3 is 2.43 bits per heavy atom. The minimum Gasteiger partial charge on any atom is -0.487 e. The molecule has 0 saturated heterocycles. The number of rotatable bonds is 3. The lowest BCUT2D eigenvalue weighted by Gasteiger charge is -2.13. The largest absolute Gasteiger partial charge is 0.487 e. The van der Waals surface area contributed by atoms with Gasteiger partial charge in [0.15, 0.2) is 5.43 Å². The van der Waals surface area contributed by atoms with Crippen molar-refractivity contribution in [2.24, 2.45) is 0 Å². The fourth-order valence-corrected chi connectivity index (χ4v) is 2.36. The number of pyridine rings is 1. The molecule has 0 unspecified atom stereocenters. The fourth-order valence-electron chi connectivity index (χ4n) is 2.36. The van der Waals surface area contributed by atoms with Gasteiger partial charge in [0.05, 0.1) is 16.5 Å². The average Bonchev–Trinajstić information content (AvgIpc) is 2.53. The van der Waals surface area contributed by atoms with Crippen LogP contribution in [-0.4, -0.2) is 4.98 Å². The highest BCUT2D eigenvalue weighted by molar-refractivity contribution is 5.87. The van der Waals surface area contributed by atoms with E-state index in [9.17, 15) is 18.0 Å². The van der Waals surface area contributed by atoms with Crippen LogP contribution in [0.3, 0.4) is 0 Å². The Morgan fingerprint density at radius 2 is 1.74 bits per heavy atom. The van der Waals surface area contributed by atoms with Gasteiger partial charge in [-0.25, -0.2) is 0 Å². The van der Waals surface area contributed by atoms with E-state index in [-0.39, 0.29) is 17.9 Å². The maximum absolute atomic E-state index is 13.1. The summed E-state index contributed by atoms with van der Waals surface area (Å²) in [5, 5.41) is -0.412. The number of aromatic nitrogens is 1. The summed E-state index contributed by atoms with van der Waals surface area (Å²) in [4.78, 5) is 14.6. The molecule has 3 rings (SSSR count). The molecule has 0 aliphatic carbocycles. The molecule has 23 heavy (non-hydrogen) atoms. The smallest absolute Gasteiger partial charge is 0.417 e. The molecular formula is C17H12F3NO2. The van der Waals surface area contributed by atoms with E-state index in [1.807, 2.05) is 30.3 Å². The first-order chi connectivity index (χ1) is 11.0. The highest BCUT2D eigenvalue weighted by atomic mass is 19.4. The third kappa shape index (κ3) is 3.06. The fraction of sp³-hybridized carbons (Fsp3) is 0.118. The van der Waals surface area contributed by atoms with Gasteiger partial charge in [-0.05, 0) is 17.7 Å². The molecule has 0 aliphatic rings. The summed E-state index contributed by atoms with van der Waals surface area (Å²) in [7, 11) is 0. The first-order valence-electron chi connectivity index (χ1n) is 6.85. The van der Waals surface area contributed by atoms with E-state index in [1.54, 1.807) is 0 Å². The molecule has 2 aromatic carbocycles. The van der Waals surface area contributed by atoms with Crippen LogP contribution in [0.2, 0.25) is 0 Å². The number of nitrogens with one attached hydrogen (secondary N) is 1. The lowest BCUT2D eigenvalue weighted by atomic mass is 10.1. The highest BCUT2D eigenvalue weighted by Crippen LogP contribution is 2.36. The molecule has 0 saturated carbocycles. The molecule has 0 atom stereocenters. The Hall–Kier alpha value is -2.76. The topological polar surface area (TPSA) is 42.1 Å². The maximum Gasteiger partial charge on any atom is 0.417 e. The van der Waals surface area contributed by atoms with Crippen LogP contribution in [0.25, 0.3) is 10.9 Å². The summed E-state index contributed by atoms with van der Waals surface area (Å²) < 4.78 is 44.9. The Balaban J connectivity index is 2.06. The number of hydrogen-bond donors (Lipinski definition) is 1. The van der Waals surface area contributed by atoms with Gasteiger partial charge in [0.1, 0.15) is 12.4 Å². The van der Waals surface area contributed by atoms with Crippen molar-refractivity contribution < 1.29 is 17.9 Å². The molecule has 3 aromatic rings. The third-order valence-corrected chi connectivity index (χ3v) is 3.42. The Kier molecular flexibility index (Phi) is 3.82. The van der Waals surface area contributed by atoms with Crippen LogP contribution in [0.4, 0.5) is 13.2 Å². The van der Waals surface area contributed by atoms with E-state index in [4.69, 9.17) is 4.74 Å². The van der Waals surface area contributed by atoms with E-state index in [0.29, 0.717) is 0 Å². The number of halogens is 3. The van der Waals surface area contributed by atoms with Crippen molar-refractivity contribution >= 4 is 10.9 Å². The number of aromatic amines is 1. The van der Waals surface area contributed by atoms with E-state index >= 15 is 0 Å². The second kappa shape index (κ2) is 5.79. The summed E-state index contributed by atoms with van der Waals surface area (Å²) in [5.74, 6) is 0.203. The summed E-state index contributed by atoms with van der Waals surface area (Å²) >= 11 is 0. The minimum atomic E-state index is -4.61. The molecule has 6 heteroatoms. The van der Waals surface area contributed by atoms with Gasteiger partial charge in [-0.15, -0.1) is 0 Å². The number of fused-ring (bicyclic) bond motifs is 1. The van der Waals surface area contributed by atoms with Crippen molar-refractivity contribution in [3.63, 3.8) is 0 Å². The van der Waals surface area contributed by atoms with Crippen LogP contribution < -0.4 is 10.2 Å². The van der Waals surface area contributed by atoms with Gasteiger partial charge in [-0.2, -0.15) is 13.2 Å². The zero-order valence-electron chi connectivity index (χ0n) is 11.9. The number of ether oxygens (including phenoxy) is 1. The van der Waals surface area contributed by atoms with Crippen molar-refractivity contribution in [1.29, 1.82) is 0 Å². The van der Waals surface area contributed by atoms with E-state index in [2.05, 4.69) is 4.98 Å². The second-order valence-electron chi connectivity index (χ2n) is 4.98. The molecule has 118 valence electrons. The van der Waals surface area contributed by atoms with Gasteiger partial charge in [-0.3, -0.25) is 4.79 Å². The number of alkyl halides is 3. The number of H-pyrrole nitrogens is 1. The van der Waals surface area contributed by atoms with Crippen LogP contribution in [0.1, 0.15) is 11.1 Å². The van der Waals surface area contributed by atoms with Crippen LogP contribution in [0.15, 0.2) is 59.5 Å². The molecule has 0 radical (unpaired) electrons. The zero-order valence-corrected chi connectivity index (χ0v) is 11.9. The molecule has 0 bridgehead atoms. The summed E-state index contributed by atoms with van der Waals surface area (Å²) in [6.45, 7) is 0.193. The van der Waals surface area contributed by atoms with Crippen LogP contribution in [0.5, 0.6) is 5.75 Å². The molecule has 1 heterocycles. The van der Waals surface area contributed by atoms with Gasteiger partial charge >= 0.3 is 6.18 Å². The summed E-state index contributed by atoms with van der Waals surface area (Å²) in [5.41, 5.74) is -0.750. The minimum absolute atomic E-state index is 0.0447. The Bertz CT molecular complexity index is 886. The molecule has 1 aromatic heterocycles. The van der Waals surface area contributed by atoms with Crippen LogP contribution in [-0.2, 0) is 12.8 Å². The first-order valence-corrected chi connectivity index (χ1v) is 6.85. The van der Waals surface area contributed by atoms with Gasteiger partial charge in [0.25, 0.3) is 0 Å². The van der Waals surface area contributed by atoms with Gasteiger partial charge in [-0.1, -0.05) is 30.3 Å². The summed E-state index contributed by atoms with van der Waals surface area (Å²) in [6, 6.07) is 12.4. The Labute approximate surface area is 129 Å². The maximum atomic E-state index is 13.1. The predicted molar refractivity (Wildman–Crippen MR) is 80.3 cm³/mol. The van der Waals surface area contributed by atoms with E-state index in [1.165, 1.54) is 12.3 Å². The van der Waals surface area contributed by atoms with Crippen molar-refractivity contribution in [2.45, 2.75) is 12.8 Å². The monoisotopic (exact) mass is 319 g/mol. The number of benzene rings is 2. The van der Waals surface area contributed by atoms with Gasteiger partial charge in [0.2, 0.25) is 0 Å². The lowest BCUT2D eigenvalue weighted by Crippen LogP contribution is -2.13. The predicted octanol–water partition coefficient (Wildman–Crippen LogP) is 4.13. The molecule has 0 fully saturated rings. The third-order valence-electron chi connectivity index (χ3n) is 3.42. The van der Waals surface area contributed by atoms with E-state index in [0.717, 1.165) is 17.7 Å². The highest BCUT2D eigenvalue weighted by Gasteiger charge is 2.34. The Morgan fingerprint density at radius 1 is 1.00 bits per heavy atom. The molecule has 0 aliphatic heterocycles. The standard InChI is InChI=1S/C17H12F3NO2/c18-17(19,20)12-6-7-14(16-15(12)13(22)8-9-21-16)23-10-11-4-2-1-3-5-11/h1-9H,10H2,(H,21,22). The zero-order chi connectivity index (χ0) is 16.4. The molecule has 1 N–H and O–H groups in total. The molecular weight excluding hydrogens is 307 g/mol. The SMILES string of the molecule is O=c1cc[nH]c2c(OCc3ccccc3)ccc(C(F)(F)F)c12. The summed E-state index contributed by atoms with van der Waals surface area (Å²) in [6.07, 6.45) is -3.30. The number of hydrogen-bond acceptors (Lipinski definition) is 2. The van der Waals surface area contributed by atoms with Crippen LogP contribution >= 0.6 is 0 Å². The van der Waals surface area contributed by atoms with Gasteiger partial charge in [0, 0.05) is 12.3 Å². The molecule has 0 spiro atoms. The average molecular weight is 319 g/mol. The van der Waals surface area contributed by atoms with Crippen molar-refractivity contribution in [3.8, 4) is 5.75 Å². The van der Waals surface area contributed by atoms with Crippen molar-refractivity contribution in [3.05, 3.63) is 76.1 Å². The van der Waals surface area contributed by atoms with Crippen LogP contribution in [0, 0.1) is 0 Å². The lowest BCUT2D eigenvalue weighted by molar-refractivity contribution is -0.136. The molecule has 0 amide bonds. The normalized spacial score (nSPS) is 11.6. The van der Waals surface area contributed by atoms with Gasteiger partial charge < -0.3 is 9.72 Å². The first kappa shape index (κ1) is 15.1. The second-order valence-corrected chi connectivity index (χ2v) is 4.98. The van der Waals surface area contributed by atoms with Crippen molar-refractivity contribution in [2.75, 3.05) is 0 Å². The van der Waals surface area contributed by atoms with E-state index < -0.39 is 22.6 Å². The van der Waals surface area contributed by atoms with Crippen molar-refractivity contribution in [1.82, 2.24) is 4.98 Å².